The van der Waals surface area contributed by atoms with Crippen LogP contribution < -0.4 is 0 Å². The predicted octanol–water partition coefficient (Wildman–Crippen LogP) is 2.59. The van der Waals surface area contributed by atoms with E-state index in [1.165, 1.54) is 16.7 Å². The van der Waals surface area contributed by atoms with Crippen LogP contribution in [0.5, 0.6) is 0 Å². The van der Waals surface area contributed by atoms with E-state index in [1.54, 1.807) is 0 Å². The van der Waals surface area contributed by atoms with Gasteiger partial charge in [0.2, 0.25) is 0 Å². The lowest BCUT2D eigenvalue weighted by molar-refractivity contribution is 0.0459. The van der Waals surface area contributed by atoms with Crippen molar-refractivity contribution in [3.63, 3.8) is 0 Å². The molecule has 4 heteroatoms. The summed E-state index contributed by atoms with van der Waals surface area (Å²) in [6, 6.07) is 16.6. The van der Waals surface area contributed by atoms with Gasteiger partial charge in [0.25, 0.3) is 5.91 Å². The SMILES string of the molecule is O=C1c2ccccc2C2(CC2)CN1CC(O)CN1CCc2ccccc2C1. The van der Waals surface area contributed by atoms with E-state index >= 15 is 0 Å². The lowest BCUT2D eigenvalue weighted by Crippen LogP contribution is -2.49. The summed E-state index contributed by atoms with van der Waals surface area (Å²) < 4.78 is 0. The fraction of sp³-hybridized carbons (Fsp3) is 0.435. The number of benzene rings is 2. The third-order valence-electron chi connectivity index (χ3n) is 6.47. The number of carbonyl (C=O) groups excluding carboxylic acids is 1. The number of β-amino-alcohol motifs (C(OH)–C–C–N with tert-alkyl or cyclic N) is 1. The first-order valence-corrected chi connectivity index (χ1v) is 10.0. The third-order valence-corrected chi connectivity index (χ3v) is 6.47. The van der Waals surface area contributed by atoms with Gasteiger partial charge in [0, 0.05) is 43.7 Å². The Balaban J connectivity index is 1.26. The van der Waals surface area contributed by atoms with E-state index in [2.05, 4.69) is 35.2 Å². The first kappa shape index (κ1) is 17.0. The largest absolute Gasteiger partial charge is 0.390 e. The van der Waals surface area contributed by atoms with Crippen molar-refractivity contribution in [2.75, 3.05) is 26.2 Å². The number of nitrogens with zero attached hydrogens (tertiary/aromatic N) is 2. The second-order valence-corrected chi connectivity index (χ2v) is 8.42. The molecule has 2 heterocycles. The van der Waals surface area contributed by atoms with Crippen molar-refractivity contribution in [1.29, 1.82) is 0 Å². The average Bonchev–Trinajstić information content (AvgIpc) is 3.46. The van der Waals surface area contributed by atoms with Crippen molar-refractivity contribution in [1.82, 2.24) is 9.80 Å². The minimum atomic E-state index is -0.514. The van der Waals surface area contributed by atoms with Gasteiger partial charge in [0.15, 0.2) is 0 Å². The highest BCUT2D eigenvalue weighted by Crippen LogP contribution is 2.52. The molecule has 1 atom stereocenters. The molecule has 2 aromatic rings. The van der Waals surface area contributed by atoms with Crippen molar-refractivity contribution in [3.8, 4) is 0 Å². The number of hydrogen-bond acceptors (Lipinski definition) is 3. The van der Waals surface area contributed by atoms with Crippen molar-refractivity contribution in [2.45, 2.75) is 37.3 Å². The van der Waals surface area contributed by atoms with Crippen LogP contribution in [0, 0.1) is 0 Å². The number of aliphatic hydroxyl groups is 1. The molecule has 5 rings (SSSR count). The monoisotopic (exact) mass is 362 g/mol. The highest BCUT2D eigenvalue weighted by molar-refractivity contribution is 5.97. The molecule has 1 spiro atoms. The Morgan fingerprint density at radius 2 is 1.74 bits per heavy atom. The minimum absolute atomic E-state index is 0.0752. The molecule has 1 amide bonds. The Morgan fingerprint density at radius 3 is 2.56 bits per heavy atom. The van der Waals surface area contributed by atoms with Gasteiger partial charge < -0.3 is 10.0 Å². The highest BCUT2D eigenvalue weighted by atomic mass is 16.3. The maximum Gasteiger partial charge on any atom is 0.254 e. The Labute approximate surface area is 160 Å². The second-order valence-electron chi connectivity index (χ2n) is 8.42. The van der Waals surface area contributed by atoms with E-state index in [4.69, 9.17) is 0 Å². The molecule has 1 unspecified atom stereocenters. The number of hydrogen-bond donors (Lipinski definition) is 1. The lowest BCUT2D eigenvalue weighted by Gasteiger charge is -2.37. The second kappa shape index (κ2) is 6.47. The van der Waals surface area contributed by atoms with Gasteiger partial charge in [0.05, 0.1) is 6.10 Å². The van der Waals surface area contributed by atoms with Gasteiger partial charge in [-0.3, -0.25) is 9.69 Å². The first-order valence-electron chi connectivity index (χ1n) is 10.0. The Bertz CT molecular complexity index is 874. The van der Waals surface area contributed by atoms with Crippen LogP contribution in [0.25, 0.3) is 0 Å². The predicted molar refractivity (Wildman–Crippen MR) is 105 cm³/mol. The van der Waals surface area contributed by atoms with Gasteiger partial charge in [-0.05, 0) is 42.0 Å². The summed E-state index contributed by atoms with van der Waals surface area (Å²) >= 11 is 0. The summed E-state index contributed by atoms with van der Waals surface area (Å²) in [7, 11) is 0. The molecule has 1 saturated carbocycles. The van der Waals surface area contributed by atoms with E-state index in [9.17, 15) is 9.90 Å². The molecule has 27 heavy (non-hydrogen) atoms. The van der Waals surface area contributed by atoms with Crippen molar-refractivity contribution >= 4 is 5.91 Å². The van der Waals surface area contributed by atoms with Crippen molar-refractivity contribution in [3.05, 3.63) is 70.8 Å². The van der Waals surface area contributed by atoms with Crippen LogP contribution >= 0.6 is 0 Å². The zero-order valence-corrected chi connectivity index (χ0v) is 15.6. The summed E-state index contributed by atoms with van der Waals surface area (Å²) in [5.41, 5.74) is 4.97. The Morgan fingerprint density at radius 1 is 1.00 bits per heavy atom. The Kier molecular flexibility index (Phi) is 4.06. The van der Waals surface area contributed by atoms with Crippen molar-refractivity contribution < 1.29 is 9.90 Å². The van der Waals surface area contributed by atoms with Gasteiger partial charge in [-0.2, -0.15) is 0 Å². The van der Waals surface area contributed by atoms with Gasteiger partial charge >= 0.3 is 0 Å². The molecule has 140 valence electrons. The van der Waals surface area contributed by atoms with E-state index in [0.717, 1.165) is 44.5 Å². The highest BCUT2D eigenvalue weighted by Gasteiger charge is 2.51. The van der Waals surface area contributed by atoms with Gasteiger partial charge in [-0.15, -0.1) is 0 Å². The van der Waals surface area contributed by atoms with Gasteiger partial charge in [-0.1, -0.05) is 42.5 Å². The molecule has 3 aliphatic rings. The number of aliphatic hydroxyl groups excluding tert-OH is 1. The first-order chi connectivity index (χ1) is 13.1. The average molecular weight is 362 g/mol. The van der Waals surface area contributed by atoms with Crippen LogP contribution in [0.1, 0.15) is 39.9 Å². The number of carbonyl (C=O) groups is 1. The summed E-state index contributed by atoms with van der Waals surface area (Å²) in [5.74, 6) is 0.0752. The van der Waals surface area contributed by atoms with E-state index in [1.807, 2.05) is 23.1 Å². The number of amides is 1. The van der Waals surface area contributed by atoms with Gasteiger partial charge in [-0.25, -0.2) is 0 Å². The summed E-state index contributed by atoms with van der Waals surface area (Å²) in [6.45, 7) is 3.64. The molecular formula is C23H26N2O2. The summed E-state index contributed by atoms with van der Waals surface area (Å²) in [4.78, 5) is 17.1. The van der Waals surface area contributed by atoms with E-state index < -0.39 is 6.10 Å². The quantitative estimate of drug-likeness (QED) is 0.909. The van der Waals surface area contributed by atoms with Crippen LogP contribution in [0.2, 0.25) is 0 Å². The topological polar surface area (TPSA) is 43.8 Å². The molecular weight excluding hydrogens is 336 g/mol. The number of fused-ring (bicyclic) bond motifs is 3. The maximum absolute atomic E-state index is 12.9. The molecule has 0 saturated heterocycles. The smallest absolute Gasteiger partial charge is 0.254 e. The fourth-order valence-corrected chi connectivity index (χ4v) is 4.87. The number of rotatable bonds is 4. The summed E-state index contributed by atoms with van der Waals surface area (Å²) in [6.07, 6.45) is 2.81. The van der Waals surface area contributed by atoms with Crippen LogP contribution in [-0.2, 0) is 18.4 Å². The molecule has 0 aromatic heterocycles. The molecule has 2 aromatic carbocycles. The van der Waals surface area contributed by atoms with Crippen LogP contribution in [0.3, 0.4) is 0 Å². The molecule has 1 fully saturated rings. The molecule has 0 bridgehead atoms. The zero-order chi connectivity index (χ0) is 18.4. The van der Waals surface area contributed by atoms with Crippen LogP contribution in [0.4, 0.5) is 0 Å². The molecule has 0 radical (unpaired) electrons. The summed E-state index contributed by atoms with van der Waals surface area (Å²) in [5, 5.41) is 10.7. The molecule has 1 N–H and O–H groups in total. The van der Waals surface area contributed by atoms with Gasteiger partial charge in [0.1, 0.15) is 0 Å². The standard InChI is InChI=1S/C23H26N2O2/c26-19(14-24-12-9-17-5-1-2-6-18(17)13-24)15-25-16-23(10-11-23)21-8-4-3-7-20(21)22(25)27/h1-8,19,26H,9-16H2. The minimum Gasteiger partial charge on any atom is -0.390 e. The molecule has 1 aliphatic carbocycles. The maximum atomic E-state index is 12.9. The molecule has 4 nitrogen and oxygen atoms in total. The van der Waals surface area contributed by atoms with Crippen molar-refractivity contribution in [2.24, 2.45) is 0 Å². The fourth-order valence-electron chi connectivity index (χ4n) is 4.87. The lowest BCUT2D eigenvalue weighted by atomic mass is 9.86. The molecule has 2 aliphatic heterocycles. The van der Waals surface area contributed by atoms with E-state index in [0.29, 0.717) is 13.1 Å². The Hall–Kier alpha value is -2.17. The third kappa shape index (κ3) is 3.07. The van der Waals surface area contributed by atoms with Crippen LogP contribution in [0.15, 0.2) is 48.5 Å². The zero-order valence-electron chi connectivity index (χ0n) is 15.6. The normalized spacial score (nSPS) is 21.7. The van der Waals surface area contributed by atoms with E-state index in [-0.39, 0.29) is 11.3 Å². The van der Waals surface area contributed by atoms with Crippen LogP contribution in [-0.4, -0.2) is 53.1 Å².